The Balaban J connectivity index is 1.45. The predicted octanol–water partition coefficient (Wildman–Crippen LogP) is 8.86. The van der Waals surface area contributed by atoms with E-state index in [1.165, 1.54) is 22.5 Å². The van der Waals surface area contributed by atoms with Crippen LogP contribution in [-0.4, -0.2) is 48.6 Å². The maximum Gasteiger partial charge on any atom is 0.264 e. The van der Waals surface area contributed by atoms with E-state index in [1.807, 2.05) is 6.07 Å². The number of para-hydroxylation sites is 2. The molecule has 0 amide bonds. The molecule has 1 aliphatic carbocycles. The monoisotopic (exact) mass is 726 g/mol. The Morgan fingerprint density at radius 3 is 2.41 bits per heavy atom. The molecular formula is C37H46BrClN3O3S+. The smallest absolute Gasteiger partial charge is 0.264 e. The maximum absolute atomic E-state index is 11.3. The molecule has 9 heteroatoms. The fourth-order valence-corrected chi connectivity index (χ4v) is 8.35. The molecule has 0 saturated heterocycles. The van der Waals surface area contributed by atoms with E-state index in [2.05, 4.69) is 124 Å². The highest BCUT2D eigenvalue weighted by atomic mass is 79.9. The van der Waals surface area contributed by atoms with E-state index in [1.54, 1.807) is 0 Å². The van der Waals surface area contributed by atoms with Crippen molar-refractivity contribution in [1.82, 2.24) is 4.34 Å². The van der Waals surface area contributed by atoms with Gasteiger partial charge in [0.25, 0.3) is 10.1 Å². The van der Waals surface area contributed by atoms with Gasteiger partial charge in [-0.25, -0.2) is 0 Å². The van der Waals surface area contributed by atoms with Crippen molar-refractivity contribution in [3.8, 4) is 0 Å². The maximum atomic E-state index is 11.3. The molecular weight excluding hydrogens is 682 g/mol. The Morgan fingerprint density at radius 1 is 0.957 bits per heavy atom. The van der Waals surface area contributed by atoms with E-state index >= 15 is 0 Å². The van der Waals surface area contributed by atoms with Crippen molar-refractivity contribution in [2.24, 2.45) is 0 Å². The molecule has 246 valence electrons. The topological polar surface area (TPSA) is 72.7 Å². The van der Waals surface area contributed by atoms with Crippen molar-refractivity contribution < 1.29 is 17.5 Å². The molecule has 0 spiro atoms. The van der Waals surface area contributed by atoms with Crippen LogP contribution in [0.3, 0.4) is 0 Å². The second kappa shape index (κ2) is 14.3. The average molecular weight is 728 g/mol. The van der Waals surface area contributed by atoms with Gasteiger partial charge in [0.1, 0.15) is 0 Å². The van der Waals surface area contributed by atoms with Crippen molar-refractivity contribution in [2.75, 3.05) is 30.3 Å². The van der Waals surface area contributed by atoms with Crippen molar-refractivity contribution in [3.63, 3.8) is 0 Å². The van der Waals surface area contributed by atoms with E-state index in [4.69, 9.17) is 11.6 Å². The van der Waals surface area contributed by atoms with Gasteiger partial charge >= 0.3 is 0 Å². The lowest BCUT2D eigenvalue weighted by Crippen LogP contribution is -2.28. The highest BCUT2D eigenvalue weighted by Crippen LogP contribution is 2.48. The lowest BCUT2D eigenvalue weighted by molar-refractivity contribution is -0.437. The van der Waals surface area contributed by atoms with Gasteiger partial charge in [0.15, 0.2) is 12.3 Å². The third kappa shape index (κ3) is 7.31. The quantitative estimate of drug-likeness (QED) is 0.0990. The highest BCUT2D eigenvalue weighted by molar-refractivity contribution is 9.08. The summed E-state index contributed by atoms with van der Waals surface area (Å²) in [7, 11) is -3.97. The molecule has 0 radical (unpaired) electrons. The Kier molecular flexibility index (Phi) is 10.8. The third-order valence-corrected chi connectivity index (χ3v) is 11.3. The minimum atomic E-state index is -3.97. The van der Waals surface area contributed by atoms with Crippen LogP contribution in [0.25, 0.3) is 0 Å². The van der Waals surface area contributed by atoms with Crippen LogP contribution in [0.1, 0.15) is 77.3 Å². The summed E-state index contributed by atoms with van der Waals surface area (Å²) in [5, 5.41) is 0.830. The first-order valence-corrected chi connectivity index (χ1v) is 19.0. The number of allylic oxidation sites excluding steroid dienone is 8. The fraction of sp³-hybridized carbons (Fsp3) is 0.432. The Hall–Kier alpha value is -2.49. The van der Waals surface area contributed by atoms with Gasteiger partial charge in [-0.2, -0.15) is 13.0 Å². The number of unbranched alkanes of at least 4 members (excludes halogenated alkanes) is 1. The number of fused-ring (bicyclic) bond motifs is 2. The molecule has 2 heterocycles. The van der Waals surface area contributed by atoms with Crippen molar-refractivity contribution in [3.05, 3.63) is 106 Å². The van der Waals surface area contributed by atoms with E-state index in [-0.39, 0.29) is 16.6 Å². The summed E-state index contributed by atoms with van der Waals surface area (Å²) in [6, 6.07) is 17.1. The first kappa shape index (κ1) is 34.8. The lowest BCUT2D eigenvalue weighted by Gasteiger charge is -2.27. The summed E-state index contributed by atoms with van der Waals surface area (Å²) in [6.45, 7) is 11.6. The van der Waals surface area contributed by atoms with Crippen LogP contribution >= 0.6 is 27.7 Å². The molecule has 2 aliphatic heterocycles. The molecule has 0 aromatic heterocycles. The summed E-state index contributed by atoms with van der Waals surface area (Å²) in [6.07, 6.45) is 13.9. The Morgan fingerprint density at radius 2 is 1.67 bits per heavy atom. The first-order valence-electron chi connectivity index (χ1n) is 16.2. The van der Waals surface area contributed by atoms with E-state index in [9.17, 15) is 13.0 Å². The highest BCUT2D eigenvalue weighted by Gasteiger charge is 2.44. The molecule has 0 atom stereocenters. The largest absolute Gasteiger partial charge is 0.344 e. The van der Waals surface area contributed by atoms with Gasteiger partial charge < -0.3 is 4.90 Å². The molecule has 2 aromatic rings. The minimum absolute atomic E-state index is 0.117. The number of nitrogens with one attached hydrogen (secondary N) is 1. The summed E-state index contributed by atoms with van der Waals surface area (Å²) in [5.74, 6) is -0.222. The molecule has 2 N–H and O–H groups in total. The zero-order chi connectivity index (χ0) is 33.1. The number of rotatable bonds is 12. The second-order valence-electron chi connectivity index (χ2n) is 13.5. The van der Waals surface area contributed by atoms with Crippen LogP contribution in [0.5, 0.6) is 0 Å². The van der Waals surface area contributed by atoms with Gasteiger partial charge in [-0.1, -0.05) is 74.0 Å². The number of hydrogen-bond donors (Lipinski definition) is 2. The van der Waals surface area contributed by atoms with Gasteiger partial charge in [0, 0.05) is 75.2 Å². The van der Waals surface area contributed by atoms with Crippen molar-refractivity contribution in [2.45, 2.75) is 77.0 Å². The number of benzene rings is 2. The standard InChI is InChI=1S/C37H45BrClN3O3S/c1-36(2)29-15-5-7-17-31(29)41(24-9-10-26-46(43,44)45)33(36)21-19-27-13-11-14-28(35(27)39)20-22-34-37(3,4)30-16-6-8-18-32(30)42(34)25-12-23-40-38/h5-8,15-22,40H,9-14,23-26H2,1-4H3/p+1. The summed E-state index contributed by atoms with van der Waals surface area (Å²) in [4.78, 5) is 2.30. The van der Waals surface area contributed by atoms with Gasteiger partial charge in [-0.15, -0.1) is 0 Å². The van der Waals surface area contributed by atoms with Crippen molar-refractivity contribution in [1.29, 1.82) is 0 Å². The number of nitrogens with zero attached hydrogens (tertiary/aromatic N) is 2. The summed E-state index contributed by atoms with van der Waals surface area (Å²) < 4.78 is 37.4. The summed E-state index contributed by atoms with van der Waals surface area (Å²) >= 11 is 10.5. The number of anilines is 1. The van der Waals surface area contributed by atoms with E-state index in [0.717, 1.165) is 66.3 Å². The minimum Gasteiger partial charge on any atom is -0.344 e. The summed E-state index contributed by atoms with van der Waals surface area (Å²) in [5.41, 5.74) is 9.42. The van der Waals surface area contributed by atoms with Gasteiger partial charge in [0.05, 0.1) is 11.2 Å². The van der Waals surface area contributed by atoms with Gasteiger partial charge in [-0.05, 0) is 74.8 Å². The van der Waals surface area contributed by atoms with Crippen LogP contribution in [-0.2, 0) is 20.9 Å². The lowest BCUT2D eigenvalue weighted by atomic mass is 9.81. The molecule has 0 unspecified atom stereocenters. The van der Waals surface area contributed by atoms with Crippen LogP contribution < -0.4 is 9.24 Å². The zero-order valence-electron chi connectivity index (χ0n) is 27.3. The molecule has 5 rings (SSSR count). The third-order valence-electron chi connectivity index (χ3n) is 9.63. The van der Waals surface area contributed by atoms with Crippen LogP contribution in [0.2, 0.25) is 0 Å². The normalized spacial score (nSPS) is 20.8. The van der Waals surface area contributed by atoms with Gasteiger partial charge in [0.2, 0.25) is 5.69 Å². The number of halogens is 2. The van der Waals surface area contributed by atoms with Crippen molar-refractivity contribution >= 4 is 55.0 Å². The predicted molar refractivity (Wildman–Crippen MR) is 195 cm³/mol. The molecule has 6 nitrogen and oxygen atoms in total. The molecule has 2 aromatic carbocycles. The SMILES string of the molecule is CC1(C)C(=CC=C2CCCC(C=CC3=[N+](CCCNBr)c4ccccc4C3(C)C)=C2Cl)N(CCCCS(=O)(=O)O)c2ccccc21. The zero-order valence-corrected chi connectivity index (χ0v) is 30.5. The van der Waals surface area contributed by atoms with Gasteiger partial charge in [-0.3, -0.25) is 8.90 Å². The molecule has 46 heavy (non-hydrogen) atoms. The molecule has 0 fully saturated rings. The molecule has 0 bridgehead atoms. The van der Waals surface area contributed by atoms with Crippen LogP contribution in [0, 0.1) is 0 Å². The van der Waals surface area contributed by atoms with E-state index in [0.29, 0.717) is 19.4 Å². The van der Waals surface area contributed by atoms with Crippen LogP contribution in [0.15, 0.2) is 94.7 Å². The molecule has 3 aliphatic rings. The fourth-order valence-electron chi connectivity index (χ4n) is 7.19. The Bertz CT molecular complexity index is 1740. The second-order valence-corrected chi connectivity index (χ2v) is 16.0. The van der Waals surface area contributed by atoms with Crippen LogP contribution in [0.4, 0.5) is 11.4 Å². The van der Waals surface area contributed by atoms with E-state index < -0.39 is 10.1 Å². The average Bonchev–Trinajstić information content (AvgIpc) is 3.36. The Labute approximate surface area is 288 Å². The molecule has 0 saturated carbocycles. The number of hydrogen-bond acceptors (Lipinski definition) is 4. The first-order chi connectivity index (χ1) is 21.9.